The van der Waals surface area contributed by atoms with Crippen molar-refractivity contribution in [3.05, 3.63) is 54.6 Å². The molecule has 9 heteroatoms. The SMILES string of the molecule is CCOc1cc(-c2ccc(OCCNS(C)(=O)=O)cc2)n(-c2ccc(OC)cc2)n1. The number of methoxy groups -OCH3 is 1. The zero-order valence-electron chi connectivity index (χ0n) is 17.2. The molecule has 0 bridgehead atoms. The predicted molar refractivity (Wildman–Crippen MR) is 115 cm³/mol. The molecule has 30 heavy (non-hydrogen) atoms. The molecule has 0 unspecified atom stereocenters. The van der Waals surface area contributed by atoms with Gasteiger partial charge < -0.3 is 14.2 Å². The lowest BCUT2D eigenvalue weighted by Crippen LogP contribution is -2.26. The van der Waals surface area contributed by atoms with E-state index >= 15 is 0 Å². The minimum absolute atomic E-state index is 0.211. The molecule has 0 aliphatic carbocycles. The number of hydrogen-bond acceptors (Lipinski definition) is 6. The van der Waals surface area contributed by atoms with Gasteiger partial charge in [-0.25, -0.2) is 17.8 Å². The Morgan fingerprint density at radius 3 is 2.27 bits per heavy atom. The molecule has 0 spiro atoms. The Hall–Kier alpha value is -3.04. The van der Waals surface area contributed by atoms with E-state index in [9.17, 15) is 8.42 Å². The van der Waals surface area contributed by atoms with Gasteiger partial charge in [0.2, 0.25) is 15.9 Å². The number of ether oxygens (including phenoxy) is 3. The quantitative estimate of drug-likeness (QED) is 0.497. The number of sulfonamides is 1. The molecule has 1 N–H and O–H groups in total. The monoisotopic (exact) mass is 431 g/mol. The summed E-state index contributed by atoms with van der Waals surface area (Å²) in [7, 11) is -1.59. The summed E-state index contributed by atoms with van der Waals surface area (Å²) in [4.78, 5) is 0. The van der Waals surface area contributed by atoms with E-state index < -0.39 is 10.0 Å². The summed E-state index contributed by atoms with van der Waals surface area (Å²) in [6, 6.07) is 17.0. The lowest BCUT2D eigenvalue weighted by Gasteiger charge is -2.10. The van der Waals surface area contributed by atoms with Gasteiger partial charge in [-0.15, -0.1) is 5.10 Å². The molecule has 1 heterocycles. The largest absolute Gasteiger partial charge is 0.497 e. The van der Waals surface area contributed by atoms with Gasteiger partial charge in [-0.05, 0) is 55.5 Å². The normalized spacial score (nSPS) is 11.3. The molecule has 0 saturated heterocycles. The van der Waals surface area contributed by atoms with Crippen LogP contribution in [0.3, 0.4) is 0 Å². The highest BCUT2D eigenvalue weighted by Gasteiger charge is 2.13. The third kappa shape index (κ3) is 5.74. The van der Waals surface area contributed by atoms with Gasteiger partial charge >= 0.3 is 0 Å². The molecule has 0 saturated carbocycles. The van der Waals surface area contributed by atoms with E-state index in [4.69, 9.17) is 14.2 Å². The number of aromatic nitrogens is 2. The van der Waals surface area contributed by atoms with E-state index in [0.29, 0.717) is 18.2 Å². The van der Waals surface area contributed by atoms with Crippen molar-refractivity contribution < 1.29 is 22.6 Å². The molecule has 0 atom stereocenters. The van der Waals surface area contributed by atoms with Crippen LogP contribution >= 0.6 is 0 Å². The van der Waals surface area contributed by atoms with E-state index in [2.05, 4.69) is 9.82 Å². The molecule has 160 valence electrons. The van der Waals surface area contributed by atoms with Crippen molar-refractivity contribution in [3.63, 3.8) is 0 Å². The van der Waals surface area contributed by atoms with Crippen molar-refractivity contribution in [2.45, 2.75) is 6.92 Å². The first-order valence-corrected chi connectivity index (χ1v) is 11.3. The van der Waals surface area contributed by atoms with Gasteiger partial charge in [0.15, 0.2) is 0 Å². The maximum atomic E-state index is 11.1. The number of hydrogen-bond donors (Lipinski definition) is 1. The summed E-state index contributed by atoms with van der Waals surface area (Å²) in [6.45, 7) is 2.89. The molecule has 2 aromatic carbocycles. The number of rotatable bonds is 10. The van der Waals surface area contributed by atoms with Gasteiger partial charge in [-0.1, -0.05) is 0 Å². The summed E-state index contributed by atoms with van der Waals surface area (Å²) >= 11 is 0. The van der Waals surface area contributed by atoms with Gasteiger partial charge in [0, 0.05) is 18.2 Å². The van der Waals surface area contributed by atoms with E-state index in [1.165, 1.54) is 0 Å². The van der Waals surface area contributed by atoms with Crippen LogP contribution in [0.15, 0.2) is 54.6 Å². The van der Waals surface area contributed by atoms with Crippen LogP contribution in [-0.2, 0) is 10.0 Å². The Morgan fingerprint density at radius 1 is 1.00 bits per heavy atom. The Balaban J connectivity index is 1.80. The van der Waals surface area contributed by atoms with Crippen molar-refractivity contribution in [3.8, 4) is 34.3 Å². The van der Waals surface area contributed by atoms with Crippen LogP contribution in [0.2, 0.25) is 0 Å². The Kier molecular flexibility index (Phi) is 6.96. The average Bonchev–Trinajstić information content (AvgIpc) is 3.15. The number of nitrogens with zero attached hydrogens (tertiary/aromatic N) is 2. The fourth-order valence-electron chi connectivity index (χ4n) is 2.82. The van der Waals surface area contributed by atoms with Gasteiger partial charge in [0.1, 0.15) is 18.1 Å². The van der Waals surface area contributed by atoms with E-state index in [1.54, 1.807) is 7.11 Å². The Labute approximate surface area is 176 Å². The number of nitrogens with one attached hydrogen (secondary N) is 1. The first-order valence-electron chi connectivity index (χ1n) is 9.45. The van der Waals surface area contributed by atoms with Crippen LogP contribution in [0.4, 0.5) is 0 Å². The smallest absolute Gasteiger partial charge is 0.233 e. The fraction of sp³-hybridized carbons (Fsp3) is 0.286. The van der Waals surface area contributed by atoms with Crippen molar-refractivity contribution in [2.24, 2.45) is 0 Å². The highest BCUT2D eigenvalue weighted by atomic mass is 32.2. The van der Waals surface area contributed by atoms with Crippen LogP contribution in [0, 0.1) is 0 Å². The van der Waals surface area contributed by atoms with Crippen LogP contribution in [0.5, 0.6) is 17.4 Å². The summed E-state index contributed by atoms with van der Waals surface area (Å²) in [5.41, 5.74) is 2.68. The highest BCUT2D eigenvalue weighted by Crippen LogP contribution is 2.29. The molecule has 0 aliphatic heterocycles. The molecule has 3 aromatic rings. The minimum atomic E-state index is -3.22. The second-order valence-electron chi connectivity index (χ2n) is 6.45. The van der Waals surface area contributed by atoms with E-state index in [0.717, 1.165) is 29.0 Å². The maximum Gasteiger partial charge on any atom is 0.233 e. The third-order valence-corrected chi connectivity index (χ3v) is 4.91. The minimum Gasteiger partial charge on any atom is -0.497 e. The molecule has 0 radical (unpaired) electrons. The molecule has 8 nitrogen and oxygen atoms in total. The van der Waals surface area contributed by atoms with E-state index in [1.807, 2.05) is 66.2 Å². The maximum absolute atomic E-state index is 11.1. The zero-order chi connectivity index (χ0) is 21.6. The van der Waals surface area contributed by atoms with Gasteiger partial charge in [0.25, 0.3) is 0 Å². The highest BCUT2D eigenvalue weighted by molar-refractivity contribution is 7.88. The van der Waals surface area contributed by atoms with Gasteiger partial charge in [-0.3, -0.25) is 0 Å². The summed E-state index contributed by atoms with van der Waals surface area (Å²) in [6.07, 6.45) is 1.12. The van der Waals surface area contributed by atoms with Gasteiger partial charge in [0.05, 0.1) is 31.4 Å². The van der Waals surface area contributed by atoms with Crippen LogP contribution in [0.1, 0.15) is 6.92 Å². The molecular formula is C21H25N3O5S. The third-order valence-electron chi connectivity index (χ3n) is 4.18. The summed E-state index contributed by atoms with van der Waals surface area (Å²) in [5.74, 6) is 1.95. The van der Waals surface area contributed by atoms with Crippen molar-refractivity contribution in [2.75, 3.05) is 33.1 Å². The predicted octanol–water partition coefficient (Wildman–Crippen LogP) is 2.87. The summed E-state index contributed by atoms with van der Waals surface area (Å²) in [5, 5.41) is 4.57. The summed E-state index contributed by atoms with van der Waals surface area (Å²) < 4.78 is 42.8. The second kappa shape index (κ2) is 9.64. The van der Waals surface area contributed by atoms with Crippen LogP contribution in [0.25, 0.3) is 16.9 Å². The molecule has 0 amide bonds. The van der Waals surface area contributed by atoms with Crippen molar-refractivity contribution in [1.82, 2.24) is 14.5 Å². The molecular weight excluding hydrogens is 406 g/mol. The lowest BCUT2D eigenvalue weighted by atomic mass is 10.1. The average molecular weight is 432 g/mol. The van der Waals surface area contributed by atoms with E-state index in [-0.39, 0.29) is 13.2 Å². The first kappa shape index (κ1) is 21.7. The Morgan fingerprint density at radius 2 is 1.67 bits per heavy atom. The standard InChI is InChI=1S/C21H25N3O5S/c1-4-28-21-15-20(24(23-21)17-7-11-18(27-2)12-8-17)16-5-9-19(10-6-16)29-14-13-22-30(3,25)26/h5-12,15,22H,4,13-14H2,1-3H3. The molecule has 1 aromatic heterocycles. The molecule has 3 rings (SSSR count). The molecule has 0 fully saturated rings. The topological polar surface area (TPSA) is 91.7 Å². The zero-order valence-corrected chi connectivity index (χ0v) is 18.0. The molecule has 0 aliphatic rings. The Bertz CT molecular complexity index is 1060. The first-order chi connectivity index (χ1) is 14.4. The van der Waals surface area contributed by atoms with Crippen molar-refractivity contribution in [1.29, 1.82) is 0 Å². The van der Waals surface area contributed by atoms with Crippen LogP contribution < -0.4 is 18.9 Å². The lowest BCUT2D eigenvalue weighted by molar-refractivity contribution is 0.323. The van der Waals surface area contributed by atoms with Crippen molar-refractivity contribution >= 4 is 10.0 Å². The second-order valence-corrected chi connectivity index (χ2v) is 8.28. The fourth-order valence-corrected chi connectivity index (χ4v) is 3.28. The number of benzene rings is 2. The van der Waals surface area contributed by atoms with Crippen LogP contribution in [-0.4, -0.2) is 51.3 Å². The van der Waals surface area contributed by atoms with Gasteiger partial charge in [-0.2, -0.15) is 0 Å².